The van der Waals surface area contributed by atoms with Crippen molar-refractivity contribution in [2.45, 2.75) is 13.3 Å². The van der Waals surface area contributed by atoms with Gasteiger partial charge in [0.1, 0.15) is 0 Å². The van der Waals surface area contributed by atoms with Crippen LogP contribution in [0.5, 0.6) is 0 Å². The van der Waals surface area contributed by atoms with Crippen LogP contribution in [0.1, 0.15) is 12.5 Å². The molecule has 0 nitrogen and oxygen atoms in total. The molecule has 1 aromatic carbocycles. The van der Waals surface area contributed by atoms with E-state index in [1.54, 1.807) is 0 Å². The summed E-state index contributed by atoms with van der Waals surface area (Å²) in [5.41, 5.74) is 1.41. The zero-order valence-electron chi connectivity index (χ0n) is 5.09. The standard InChI is InChI=1S/C8H10.Li.H/c1-2-8-6-4-3-5-7-8;;/h3-7H,2H2,1H3;;. The molecule has 0 atom stereocenters. The molecule has 0 saturated carbocycles. The van der Waals surface area contributed by atoms with Crippen molar-refractivity contribution in [1.82, 2.24) is 0 Å². The summed E-state index contributed by atoms with van der Waals surface area (Å²) in [7, 11) is 0. The third-order valence-corrected chi connectivity index (χ3v) is 1.25. The van der Waals surface area contributed by atoms with E-state index in [2.05, 4.69) is 31.2 Å². The maximum absolute atomic E-state index is 2.16. The van der Waals surface area contributed by atoms with Crippen molar-refractivity contribution in [2.24, 2.45) is 0 Å². The van der Waals surface area contributed by atoms with Gasteiger partial charge in [-0.3, -0.25) is 0 Å². The topological polar surface area (TPSA) is 0 Å². The van der Waals surface area contributed by atoms with E-state index in [4.69, 9.17) is 0 Å². The van der Waals surface area contributed by atoms with Crippen LogP contribution in [0.2, 0.25) is 0 Å². The minimum absolute atomic E-state index is 0. The fourth-order valence-corrected chi connectivity index (χ4v) is 0.714. The van der Waals surface area contributed by atoms with Crippen LogP contribution in [0.4, 0.5) is 0 Å². The van der Waals surface area contributed by atoms with Crippen LogP contribution in [-0.2, 0) is 6.42 Å². The van der Waals surface area contributed by atoms with Crippen molar-refractivity contribution in [1.29, 1.82) is 0 Å². The molecular weight excluding hydrogens is 103 g/mol. The summed E-state index contributed by atoms with van der Waals surface area (Å²) >= 11 is 0. The van der Waals surface area contributed by atoms with E-state index in [0.717, 1.165) is 6.42 Å². The summed E-state index contributed by atoms with van der Waals surface area (Å²) in [5.74, 6) is 0. The molecule has 0 unspecified atom stereocenters. The Morgan fingerprint density at radius 3 is 2.00 bits per heavy atom. The Morgan fingerprint density at radius 1 is 1.11 bits per heavy atom. The van der Waals surface area contributed by atoms with E-state index in [9.17, 15) is 0 Å². The Balaban J connectivity index is 0.000000640. The molecule has 1 heteroatoms. The third kappa shape index (κ3) is 2.74. The second-order valence-corrected chi connectivity index (χ2v) is 1.84. The average Bonchev–Trinajstić information content (AvgIpc) is 1.90. The molecule has 0 aliphatic heterocycles. The van der Waals surface area contributed by atoms with Crippen LogP contribution < -0.4 is 0 Å². The summed E-state index contributed by atoms with van der Waals surface area (Å²) in [5, 5.41) is 0. The zero-order valence-corrected chi connectivity index (χ0v) is 5.09. The van der Waals surface area contributed by atoms with Crippen molar-refractivity contribution in [3.05, 3.63) is 35.9 Å². The fraction of sp³-hybridized carbons (Fsp3) is 0.250. The molecule has 9 heavy (non-hydrogen) atoms. The molecule has 0 aromatic heterocycles. The van der Waals surface area contributed by atoms with E-state index < -0.39 is 0 Å². The molecule has 1 rings (SSSR count). The fourth-order valence-electron chi connectivity index (χ4n) is 0.714. The van der Waals surface area contributed by atoms with E-state index in [1.165, 1.54) is 5.56 Å². The molecule has 0 heterocycles. The van der Waals surface area contributed by atoms with Crippen LogP contribution in [0.3, 0.4) is 0 Å². The van der Waals surface area contributed by atoms with Crippen molar-refractivity contribution in [2.75, 3.05) is 0 Å². The number of benzene rings is 1. The van der Waals surface area contributed by atoms with Gasteiger partial charge in [0.2, 0.25) is 0 Å². The minimum atomic E-state index is 0. The van der Waals surface area contributed by atoms with Crippen LogP contribution >= 0.6 is 0 Å². The van der Waals surface area contributed by atoms with Gasteiger partial charge in [-0.15, -0.1) is 0 Å². The number of hydrogen-bond donors (Lipinski definition) is 0. The molecule has 0 radical (unpaired) electrons. The molecule has 0 spiro atoms. The molecule has 0 aliphatic carbocycles. The van der Waals surface area contributed by atoms with Gasteiger partial charge >= 0.3 is 18.9 Å². The van der Waals surface area contributed by atoms with Gasteiger partial charge in [0.25, 0.3) is 0 Å². The van der Waals surface area contributed by atoms with Gasteiger partial charge in [-0.05, 0) is 12.0 Å². The Morgan fingerprint density at radius 2 is 1.67 bits per heavy atom. The van der Waals surface area contributed by atoms with Crippen LogP contribution in [-0.4, -0.2) is 18.9 Å². The molecule has 0 bridgehead atoms. The molecule has 0 fully saturated rings. The van der Waals surface area contributed by atoms with E-state index >= 15 is 0 Å². The molecule has 44 valence electrons. The molecule has 1 aromatic rings. The first-order chi connectivity index (χ1) is 3.93. The predicted octanol–water partition coefficient (Wildman–Crippen LogP) is 1.60. The van der Waals surface area contributed by atoms with Crippen LogP contribution in [0, 0.1) is 0 Å². The molecular formula is C8H11Li. The van der Waals surface area contributed by atoms with Gasteiger partial charge < -0.3 is 0 Å². The van der Waals surface area contributed by atoms with Crippen LogP contribution in [0.25, 0.3) is 0 Å². The summed E-state index contributed by atoms with van der Waals surface area (Å²) in [6.07, 6.45) is 1.14. The quantitative estimate of drug-likeness (QED) is 0.486. The van der Waals surface area contributed by atoms with Crippen molar-refractivity contribution >= 4 is 18.9 Å². The summed E-state index contributed by atoms with van der Waals surface area (Å²) in [6, 6.07) is 10.5. The Bertz CT molecular complexity index is 146. The molecule has 0 N–H and O–H groups in total. The number of hydrogen-bond acceptors (Lipinski definition) is 0. The van der Waals surface area contributed by atoms with Gasteiger partial charge in [0.15, 0.2) is 0 Å². The first-order valence-electron chi connectivity index (χ1n) is 2.97. The second-order valence-electron chi connectivity index (χ2n) is 1.84. The van der Waals surface area contributed by atoms with Gasteiger partial charge in [0.05, 0.1) is 0 Å². The monoisotopic (exact) mass is 114 g/mol. The van der Waals surface area contributed by atoms with Crippen LogP contribution in [0.15, 0.2) is 30.3 Å². The second kappa shape index (κ2) is 4.67. The predicted molar refractivity (Wildman–Crippen MR) is 43.0 cm³/mol. The summed E-state index contributed by atoms with van der Waals surface area (Å²) in [6.45, 7) is 2.16. The average molecular weight is 114 g/mol. The Kier molecular flexibility index (Phi) is 4.58. The van der Waals surface area contributed by atoms with Gasteiger partial charge in [-0.2, -0.15) is 0 Å². The van der Waals surface area contributed by atoms with Gasteiger partial charge in [0, 0.05) is 0 Å². The van der Waals surface area contributed by atoms with Crippen molar-refractivity contribution in [3.8, 4) is 0 Å². The third-order valence-electron chi connectivity index (χ3n) is 1.25. The number of aryl methyl sites for hydroxylation is 1. The van der Waals surface area contributed by atoms with Crippen molar-refractivity contribution in [3.63, 3.8) is 0 Å². The maximum atomic E-state index is 2.16. The van der Waals surface area contributed by atoms with E-state index in [1.807, 2.05) is 6.07 Å². The van der Waals surface area contributed by atoms with E-state index in [0.29, 0.717) is 0 Å². The Hall–Kier alpha value is -0.183. The first kappa shape index (κ1) is 8.82. The molecule has 0 amide bonds. The number of rotatable bonds is 1. The molecule has 0 aliphatic rings. The van der Waals surface area contributed by atoms with Crippen molar-refractivity contribution < 1.29 is 0 Å². The van der Waals surface area contributed by atoms with Gasteiger partial charge in [-0.25, -0.2) is 0 Å². The zero-order chi connectivity index (χ0) is 5.82. The van der Waals surface area contributed by atoms with Gasteiger partial charge in [-0.1, -0.05) is 37.3 Å². The summed E-state index contributed by atoms with van der Waals surface area (Å²) in [4.78, 5) is 0. The normalized spacial score (nSPS) is 8.11. The molecule has 0 saturated heterocycles. The first-order valence-corrected chi connectivity index (χ1v) is 2.97. The Labute approximate surface area is 68.5 Å². The van der Waals surface area contributed by atoms with E-state index in [-0.39, 0.29) is 18.9 Å². The summed E-state index contributed by atoms with van der Waals surface area (Å²) < 4.78 is 0. The SMILES string of the molecule is CCc1ccccc1.[LiH].